The fourth-order valence-electron chi connectivity index (χ4n) is 4.22. The van der Waals surface area contributed by atoms with Crippen LogP contribution in [0.1, 0.15) is 50.5 Å². The molecular weight excluding hydrogens is 354 g/mol. The maximum Gasteiger partial charge on any atom is 0.319 e. The summed E-state index contributed by atoms with van der Waals surface area (Å²) in [5, 5.41) is 6.01. The third kappa shape index (κ3) is 5.93. The average molecular weight is 390 g/mol. The molecule has 1 aromatic carbocycles. The predicted molar refractivity (Wildman–Crippen MR) is 112 cm³/mol. The smallest absolute Gasteiger partial charge is 0.319 e. The monoisotopic (exact) mass is 389 g/mol. The summed E-state index contributed by atoms with van der Waals surface area (Å²) in [6.07, 6.45) is 8.41. The molecule has 1 heterocycles. The molecule has 1 aromatic rings. The number of ether oxygens (including phenoxy) is 2. The van der Waals surface area contributed by atoms with E-state index in [4.69, 9.17) is 9.47 Å². The van der Waals surface area contributed by atoms with E-state index in [-0.39, 0.29) is 17.7 Å². The molecule has 0 aromatic heterocycles. The zero-order valence-corrected chi connectivity index (χ0v) is 17.3. The lowest BCUT2D eigenvalue weighted by Gasteiger charge is -2.36. The molecule has 0 radical (unpaired) electrons. The van der Waals surface area contributed by atoms with Crippen LogP contribution in [0.25, 0.3) is 0 Å². The van der Waals surface area contributed by atoms with E-state index in [9.17, 15) is 4.79 Å². The molecule has 2 aliphatic rings. The fraction of sp³-hybridized carbons (Fsp3) is 0.682. The molecule has 6 nitrogen and oxygen atoms in total. The van der Waals surface area contributed by atoms with Crippen LogP contribution in [0.15, 0.2) is 24.3 Å². The van der Waals surface area contributed by atoms with Gasteiger partial charge in [0.15, 0.2) is 0 Å². The minimum Gasteiger partial charge on any atom is -0.376 e. The quantitative estimate of drug-likeness (QED) is 0.710. The normalized spacial score (nSPS) is 21.6. The molecule has 28 heavy (non-hydrogen) atoms. The van der Waals surface area contributed by atoms with Crippen LogP contribution in [0.2, 0.25) is 0 Å². The van der Waals surface area contributed by atoms with Crippen LogP contribution in [-0.4, -0.2) is 56.4 Å². The van der Waals surface area contributed by atoms with Crippen LogP contribution in [-0.2, 0) is 16.1 Å². The number of likely N-dealkylation sites (N-methyl/N-ethyl adjacent to an activating group) is 1. The van der Waals surface area contributed by atoms with Gasteiger partial charge in [-0.3, -0.25) is 0 Å². The van der Waals surface area contributed by atoms with Crippen molar-refractivity contribution in [3.63, 3.8) is 0 Å². The van der Waals surface area contributed by atoms with Crippen molar-refractivity contribution in [1.82, 2.24) is 10.2 Å². The molecule has 156 valence electrons. The largest absolute Gasteiger partial charge is 0.376 e. The maximum absolute atomic E-state index is 12.4. The van der Waals surface area contributed by atoms with E-state index in [0.717, 1.165) is 43.5 Å². The zero-order chi connectivity index (χ0) is 19.8. The highest BCUT2D eigenvalue weighted by Gasteiger charge is 2.36. The van der Waals surface area contributed by atoms with Crippen LogP contribution in [0.4, 0.5) is 10.5 Å². The summed E-state index contributed by atoms with van der Waals surface area (Å²) in [6, 6.07) is 7.69. The Hall–Kier alpha value is -1.63. The first kappa shape index (κ1) is 21.1. The number of amides is 2. The second-order valence-electron chi connectivity index (χ2n) is 8.34. The molecule has 1 saturated heterocycles. The number of rotatable bonds is 8. The second kappa shape index (κ2) is 10.2. The molecule has 2 amide bonds. The SMILES string of the molecule is CN(C)C1(CNC(=O)Nc2cccc(COC[C@@H]3CCCCO3)c2)CCCC1. The number of nitrogens with zero attached hydrogens (tertiary/aromatic N) is 1. The predicted octanol–water partition coefficient (Wildman–Crippen LogP) is 3.77. The summed E-state index contributed by atoms with van der Waals surface area (Å²) in [7, 11) is 4.21. The number of nitrogens with one attached hydrogen (secondary N) is 2. The van der Waals surface area contributed by atoms with Gasteiger partial charge in [0.1, 0.15) is 0 Å². The van der Waals surface area contributed by atoms with Crippen LogP contribution >= 0.6 is 0 Å². The first-order valence-corrected chi connectivity index (χ1v) is 10.6. The van der Waals surface area contributed by atoms with Gasteiger partial charge in [-0.1, -0.05) is 25.0 Å². The van der Waals surface area contributed by atoms with Crippen molar-refractivity contribution >= 4 is 11.7 Å². The zero-order valence-electron chi connectivity index (χ0n) is 17.3. The van der Waals surface area contributed by atoms with Crippen molar-refractivity contribution in [2.45, 2.75) is 63.2 Å². The van der Waals surface area contributed by atoms with Gasteiger partial charge in [-0.2, -0.15) is 0 Å². The van der Waals surface area contributed by atoms with E-state index >= 15 is 0 Å². The summed E-state index contributed by atoms with van der Waals surface area (Å²) in [6.45, 7) is 2.68. The van der Waals surface area contributed by atoms with Crippen molar-refractivity contribution in [1.29, 1.82) is 0 Å². The van der Waals surface area contributed by atoms with E-state index < -0.39 is 0 Å². The number of carbonyl (C=O) groups is 1. The summed E-state index contributed by atoms with van der Waals surface area (Å²) in [4.78, 5) is 14.6. The molecule has 1 saturated carbocycles. The highest BCUT2D eigenvalue weighted by atomic mass is 16.5. The molecular formula is C22H35N3O3. The number of anilines is 1. The maximum atomic E-state index is 12.4. The van der Waals surface area contributed by atoms with Crippen molar-refractivity contribution in [2.24, 2.45) is 0 Å². The van der Waals surface area contributed by atoms with Gasteiger partial charge in [-0.15, -0.1) is 0 Å². The van der Waals surface area contributed by atoms with Gasteiger partial charge in [-0.25, -0.2) is 4.79 Å². The Morgan fingerprint density at radius 2 is 2.07 bits per heavy atom. The first-order valence-electron chi connectivity index (χ1n) is 10.6. The Bertz CT molecular complexity index is 623. The summed E-state index contributed by atoms with van der Waals surface area (Å²) < 4.78 is 11.5. The Balaban J connectivity index is 1.43. The number of urea groups is 1. The standard InChI is InChI=1S/C22H35N3O3/c1-25(2)22(11-4-5-12-22)17-23-21(26)24-19-9-7-8-18(14-19)15-27-16-20-10-3-6-13-28-20/h7-9,14,20H,3-6,10-13,15-17H2,1-2H3,(H2,23,24,26)/t20-/m0/s1. The van der Waals surface area contributed by atoms with Crippen molar-refractivity contribution in [3.05, 3.63) is 29.8 Å². The molecule has 6 heteroatoms. The number of hydrogen-bond donors (Lipinski definition) is 2. The highest BCUT2D eigenvalue weighted by molar-refractivity contribution is 5.89. The molecule has 0 spiro atoms. The van der Waals surface area contributed by atoms with Crippen LogP contribution in [0.3, 0.4) is 0 Å². The lowest BCUT2D eigenvalue weighted by atomic mass is 9.96. The lowest BCUT2D eigenvalue weighted by molar-refractivity contribution is -0.0447. The van der Waals surface area contributed by atoms with E-state index in [1.165, 1.54) is 19.3 Å². The van der Waals surface area contributed by atoms with Gasteiger partial charge in [0, 0.05) is 24.4 Å². The van der Waals surface area contributed by atoms with E-state index in [2.05, 4.69) is 29.6 Å². The van der Waals surface area contributed by atoms with Gasteiger partial charge in [-0.05, 0) is 63.9 Å². The molecule has 1 aliphatic carbocycles. The average Bonchev–Trinajstić information content (AvgIpc) is 3.18. The van der Waals surface area contributed by atoms with E-state index in [0.29, 0.717) is 19.8 Å². The number of benzene rings is 1. The number of carbonyl (C=O) groups excluding carboxylic acids is 1. The molecule has 2 N–H and O–H groups in total. The Morgan fingerprint density at radius 3 is 2.79 bits per heavy atom. The minimum absolute atomic E-state index is 0.0915. The molecule has 1 atom stereocenters. The Labute approximate surface area is 169 Å². The third-order valence-corrected chi connectivity index (χ3v) is 6.09. The molecule has 0 unspecified atom stereocenters. The minimum atomic E-state index is -0.151. The second-order valence-corrected chi connectivity index (χ2v) is 8.34. The van der Waals surface area contributed by atoms with Crippen LogP contribution in [0.5, 0.6) is 0 Å². The summed E-state index contributed by atoms with van der Waals surface area (Å²) >= 11 is 0. The van der Waals surface area contributed by atoms with Gasteiger partial charge < -0.3 is 25.0 Å². The van der Waals surface area contributed by atoms with E-state index in [1.807, 2.05) is 24.3 Å². The molecule has 0 bridgehead atoms. The first-order chi connectivity index (χ1) is 13.6. The van der Waals surface area contributed by atoms with Crippen LogP contribution < -0.4 is 10.6 Å². The van der Waals surface area contributed by atoms with Gasteiger partial charge in [0.05, 0.1) is 19.3 Å². The number of hydrogen-bond acceptors (Lipinski definition) is 4. The molecule has 3 rings (SSSR count). The van der Waals surface area contributed by atoms with Crippen molar-refractivity contribution < 1.29 is 14.3 Å². The van der Waals surface area contributed by atoms with Gasteiger partial charge >= 0.3 is 6.03 Å². The Morgan fingerprint density at radius 1 is 1.25 bits per heavy atom. The van der Waals surface area contributed by atoms with E-state index in [1.54, 1.807) is 0 Å². The summed E-state index contributed by atoms with van der Waals surface area (Å²) in [5.74, 6) is 0. The van der Waals surface area contributed by atoms with Crippen LogP contribution in [0, 0.1) is 0 Å². The summed E-state index contributed by atoms with van der Waals surface area (Å²) in [5.41, 5.74) is 1.93. The van der Waals surface area contributed by atoms with Gasteiger partial charge in [0.2, 0.25) is 0 Å². The Kier molecular flexibility index (Phi) is 7.71. The third-order valence-electron chi connectivity index (χ3n) is 6.09. The topological polar surface area (TPSA) is 62.8 Å². The van der Waals surface area contributed by atoms with Crippen molar-refractivity contribution in [2.75, 3.05) is 39.2 Å². The fourth-order valence-corrected chi connectivity index (χ4v) is 4.22. The van der Waals surface area contributed by atoms with Gasteiger partial charge in [0.25, 0.3) is 0 Å². The molecule has 1 aliphatic heterocycles. The molecule has 2 fully saturated rings. The highest BCUT2D eigenvalue weighted by Crippen LogP contribution is 2.33. The van der Waals surface area contributed by atoms with Crippen molar-refractivity contribution in [3.8, 4) is 0 Å². The lowest BCUT2D eigenvalue weighted by Crippen LogP contribution is -2.51.